The molecule has 1 aliphatic heterocycles. The molecule has 14 heavy (non-hydrogen) atoms. The Morgan fingerprint density at radius 3 is 2.86 bits per heavy atom. The summed E-state index contributed by atoms with van der Waals surface area (Å²) >= 11 is 0. The molecule has 0 aliphatic carbocycles. The summed E-state index contributed by atoms with van der Waals surface area (Å²) in [6.07, 6.45) is 6.85. The van der Waals surface area contributed by atoms with Gasteiger partial charge < -0.3 is 15.2 Å². The van der Waals surface area contributed by atoms with Crippen molar-refractivity contribution in [3.05, 3.63) is 24.4 Å². The Labute approximate surface area is 85.6 Å². The van der Waals surface area contributed by atoms with Crippen LogP contribution < -0.4 is 5.73 Å². The molecule has 1 heterocycles. The quantitative estimate of drug-likeness (QED) is 0.538. The van der Waals surface area contributed by atoms with Crippen molar-refractivity contribution < 1.29 is 9.47 Å². The molecule has 1 fully saturated rings. The van der Waals surface area contributed by atoms with Gasteiger partial charge in [-0.05, 0) is 25.3 Å². The van der Waals surface area contributed by atoms with Gasteiger partial charge in [0.2, 0.25) is 0 Å². The zero-order chi connectivity index (χ0) is 10.2. The molecule has 2 N–H and O–H groups in total. The van der Waals surface area contributed by atoms with Crippen molar-refractivity contribution in [1.29, 1.82) is 0 Å². The topological polar surface area (TPSA) is 44.5 Å². The number of hydrogen-bond donors (Lipinski definition) is 1. The lowest BCUT2D eigenvalue weighted by molar-refractivity contribution is -0.0302. The van der Waals surface area contributed by atoms with Crippen molar-refractivity contribution in [3.63, 3.8) is 0 Å². The predicted octanol–water partition coefficient (Wildman–Crippen LogP) is 1.60. The maximum atomic E-state index is 5.66. The second kappa shape index (κ2) is 6.62. The summed E-state index contributed by atoms with van der Waals surface area (Å²) in [6.45, 7) is 5.97. The van der Waals surface area contributed by atoms with E-state index in [4.69, 9.17) is 15.2 Å². The Morgan fingerprint density at radius 1 is 1.50 bits per heavy atom. The lowest BCUT2D eigenvalue weighted by atomic mass is 10.1. The highest BCUT2D eigenvalue weighted by atomic mass is 16.5. The molecule has 0 aromatic carbocycles. The van der Waals surface area contributed by atoms with Crippen LogP contribution in [0.2, 0.25) is 0 Å². The Hall–Kier alpha value is -0.800. The minimum absolute atomic E-state index is 0.377. The van der Waals surface area contributed by atoms with Gasteiger partial charge in [-0.1, -0.05) is 12.7 Å². The lowest BCUT2D eigenvalue weighted by Crippen LogP contribution is -2.23. The molecular weight excluding hydrogens is 178 g/mol. The normalized spacial score (nSPS) is 19.6. The van der Waals surface area contributed by atoms with Crippen molar-refractivity contribution in [2.24, 2.45) is 5.73 Å². The van der Waals surface area contributed by atoms with Gasteiger partial charge in [0.25, 0.3) is 0 Å². The van der Waals surface area contributed by atoms with Crippen LogP contribution in [0.15, 0.2) is 24.4 Å². The van der Waals surface area contributed by atoms with Crippen LogP contribution in [0.5, 0.6) is 0 Å². The first kappa shape index (κ1) is 11.3. The van der Waals surface area contributed by atoms with E-state index in [9.17, 15) is 0 Å². The Balaban J connectivity index is 2.05. The summed E-state index contributed by atoms with van der Waals surface area (Å²) < 4.78 is 10.9. The van der Waals surface area contributed by atoms with E-state index in [0.29, 0.717) is 6.10 Å². The van der Waals surface area contributed by atoms with Gasteiger partial charge in [-0.3, -0.25) is 0 Å². The first-order chi connectivity index (χ1) is 6.83. The summed E-state index contributed by atoms with van der Waals surface area (Å²) in [7, 11) is 0. The maximum absolute atomic E-state index is 5.66. The molecule has 0 saturated carbocycles. The van der Waals surface area contributed by atoms with Crippen LogP contribution >= 0.6 is 0 Å². The van der Waals surface area contributed by atoms with Crippen LogP contribution in [0.1, 0.15) is 19.3 Å². The fourth-order valence-corrected chi connectivity index (χ4v) is 1.39. The average Bonchev–Trinajstić information content (AvgIpc) is 2.25. The van der Waals surface area contributed by atoms with E-state index in [2.05, 4.69) is 6.58 Å². The zero-order valence-corrected chi connectivity index (χ0v) is 8.58. The monoisotopic (exact) mass is 197 g/mol. The van der Waals surface area contributed by atoms with Crippen molar-refractivity contribution >= 4 is 0 Å². The largest absolute Gasteiger partial charge is 0.399 e. The number of ether oxygens (including phenoxy) is 2. The molecule has 80 valence electrons. The number of allylic oxidation sites excluding steroid dienone is 1. The van der Waals surface area contributed by atoms with Gasteiger partial charge in [0.05, 0.1) is 12.7 Å². The molecule has 0 unspecified atom stereocenters. The van der Waals surface area contributed by atoms with E-state index in [1.54, 1.807) is 6.08 Å². The standard InChI is InChI=1S/C11H19NO2/c1-2-10(12)4-3-7-14-11-5-8-13-9-6-11/h2,4,11H,1,3,5-9,12H2/b10-4+. The van der Waals surface area contributed by atoms with Gasteiger partial charge in [-0.2, -0.15) is 0 Å². The van der Waals surface area contributed by atoms with E-state index < -0.39 is 0 Å². The summed E-state index contributed by atoms with van der Waals surface area (Å²) in [5, 5.41) is 0. The first-order valence-corrected chi connectivity index (χ1v) is 5.10. The number of rotatable bonds is 5. The minimum atomic E-state index is 0.377. The average molecular weight is 197 g/mol. The predicted molar refractivity (Wildman–Crippen MR) is 56.9 cm³/mol. The highest BCUT2D eigenvalue weighted by molar-refractivity contribution is 5.10. The van der Waals surface area contributed by atoms with Gasteiger partial charge in [0, 0.05) is 18.9 Å². The summed E-state index contributed by atoms with van der Waals surface area (Å²) in [4.78, 5) is 0. The van der Waals surface area contributed by atoms with E-state index in [1.165, 1.54) is 0 Å². The molecule has 1 aliphatic rings. The Bertz CT molecular complexity index is 195. The zero-order valence-electron chi connectivity index (χ0n) is 8.58. The lowest BCUT2D eigenvalue weighted by Gasteiger charge is -2.22. The molecule has 0 bridgehead atoms. The van der Waals surface area contributed by atoms with Crippen molar-refractivity contribution in [2.75, 3.05) is 19.8 Å². The third kappa shape index (κ3) is 4.44. The van der Waals surface area contributed by atoms with Crippen molar-refractivity contribution in [2.45, 2.75) is 25.4 Å². The summed E-state index contributed by atoms with van der Waals surface area (Å²) in [5.74, 6) is 0. The van der Waals surface area contributed by atoms with Gasteiger partial charge in [0.15, 0.2) is 0 Å². The van der Waals surface area contributed by atoms with Gasteiger partial charge in [0.1, 0.15) is 0 Å². The fraction of sp³-hybridized carbons (Fsp3) is 0.636. The van der Waals surface area contributed by atoms with Crippen LogP contribution in [-0.2, 0) is 9.47 Å². The maximum Gasteiger partial charge on any atom is 0.0619 e. The van der Waals surface area contributed by atoms with E-state index >= 15 is 0 Å². The molecule has 0 atom stereocenters. The molecule has 0 aromatic heterocycles. The van der Waals surface area contributed by atoms with Crippen LogP contribution in [0.3, 0.4) is 0 Å². The fourth-order valence-electron chi connectivity index (χ4n) is 1.39. The van der Waals surface area contributed by atoms with Gasteiger partial charge in [-0.25, -0.2) is 0 Å². The second-order valence-corrected chi connectivity index (χ2v) is 3.38. The van der Waals surface area contributed by atoms with Gasteiger partial charge >= 0.3 is 0 Å². The first-order valence-electron chi connectivity index (χ1n) is 5.10. The van der Waals surface area contributed by atoms with Crippen LogP contribution in [0, 0.1) is 0 Å². The second-order valence-electron chi connectivity index (χ2n) is 3.38. The Kier molecular flexibility index (Phi) is 5.33. The molecule has 0 spiro atoms. The van der Waals surface area contributed by atoms with E-state index in [1.807, 2.05) is 6.08 Å². The van der Waals surface area contributed by atoms with Crippen LogP contribution in [0.25, 0.3) is 0 Å². The minimum Gasteiger partial charge on any atom is -0.399 e. The smallest absolute Gasteiger partial charge is 0.0619 e. The molecule has 3 heteroatoms. The van der Waals surface area contributed by atoms with E-state index in [-0.39, 0.29) is 0 Å². The van der Waals surface area contributed by atoms with Crippen molar-refractivity contribution in [3.8, 4) is 0 Å². The molecule has 1 rings (SSSR count). The highest BCUT2D eigenvalue weighted by Gasteiger charge is 2.12. The number of hydrogen-bond acceptors (Lipinski definition) is 3. The van der Waals surface area contributed by atoms with Crippen LogP contribution in [-0.4, -0.2) is 25.9 Å². The van der Waals surface area contributed by atoms with Crippen molar-refractivity contribution in [1.82, 2.24) is 0 Å². The molecular formula is C11H19NO2. The van der Waals surface area contributed by atoms with Gasteiger partial charge in [-0.15, -0.1) is 0 Å². The molecule has 0 aromatic rings. The third-order valence-corrected chi connectivity index (χ3v) is 2.26. The summed E-state index contributed by atoms with van der Waals surface area (Å²) in [6, 6.07) is 0. The molecule has 0 radical (unpaired) electrons. The molecule has 0 amide bonds. The molecule has 1 saturated heterocycles. The summed E-state index contributed by atoms with van der Waals surface area (Å²) in [5.41, 5.74) is 6.28. The van der Waals surface area contributed by atoms with E-state index in [0.717, 1.165) is 44.8 Å². The Morgan fingerprint density at radius 2 is 2.21 bits per heavy atom. The molecule has 3 nitrogen and oxygen atoms in total. The SMILES string of the molecule is C=C/C(N)=C\CCOC1CCOCC1. The van der Waals surface area contributed by atoms with Crippen LogP contribution in [0.4, 0.5) is 0 Å². The highest BCUT2D eigenvalue weighted by Crippen LogP contribution is 2.10. The third-order valence-electron chi connectivity index (χ3n) is 2.26. The number of nitrogens with two attached hydrogens (primary N) is 1.